The molecular weight excluding hydrogens is 274 g/mol. The molecule has 0 unspecified atom stereocenters. The van der Waals surface area contributed by atoms with Crippen molar-refractivity contribution in [1.29, 1.82) is 0 Å². The molecule has 7 nitrogen and oxygen atoms in total. The monoisotopic (exact) mass is 299 g/mol. The highest BCUT2D eigenvalue weighted by molar-refractivity contribution is 5.86. The minimum Gasteiger partial charge on any atom is -0.480 e. The predicted octanol–water partition coefficient (Wildman–Crippen LogP) is -0.0436. The highest BCUT2D eigenvalue weighted by Gasteiger charge is 2.35. The first-order valence-electron chi connectivity index (χ1n) is 7.36. The third-order valence-electron chi connectivity index (χ3n) is 3.94. The molecule has 3 N–H and O–H groups in total. The van der Waals surface area contributed by atoms with Crippen molar-refractivity contribution >= 4 is 17.8 Å². The summed E-state index contributed by atoms with van der Waals surface area (Å²) in [7, 11) is 1.54. The van der Waals surface area contributed by atoms with E-state index in [-0.39, 0.29) is 30.9 Å². The van der Waals surface area contributed by atoms with E-state index in [2.05, 4.69) is 10.6 Å². The number of carboxylic acids is 1. The number of nitrogens with zero attached hydrogens (tertiary/aromatic N) is 1. The van der Waals surface area contributed by atoms with Gasteiger partial charge in [0.1, 0.15) is 5.54 Å². The van der Waals surface area contributed by atoms with Crippen LogP contribution in [0.5, 0.6) is 0 Å². The molecule has 2 amide bonds. The van der Waals surface area contributed by atoms with Crippen molar-refractivity contribution in [2.24, 2.45) is 0 Å². The van der Waals surface area contributed by atoms with Gasteiger partial charge in [-0.3, -0.25) is 19.7 Å². The minimum absolute atomic E-state index is 0.00463. The summed E-state index contributed by atoms with van der Waals surface area (Å²) in [5.41, 5.74) is -1.09. The lowest BCUT2D eigenvalue weighted by molar-refractivity contribution is -0.146. The first kappa shape index (κ1) is 17.4. The fourth-order valence-electron chi connectivity index (χ4n) is 2.06. The van der Waals surface area contributed by atoms with Gasteiger partial charge in [-0.25, -0.2) is 0 Å². The highest BCUT2D eigenvalue weighted by atomic mass is 16.4. The van der Waals surface area contributed by atoms with E-state index in [4.69, 9.17) is 0 Å². The first-order chi connectivity index (χ1) is 9.84. The Morgan fingerprint density at radius 3 is 2.24 bits per heavy atom. The second-order valence-electron chi connectivity index (χ2n) is 5.54. The Hall–Kier alpha value is -1.63. The average Bonchev–Trinajstić information content (AvgIpc) is 3.23. The van der Waals surface area contributed by atoms with Crippen molar-refractivity contribution in [2.45, 2.75) is 51.1 Å². The maximum atomic E-state index is 12.0. The third kappa shape index (κ3) is 5.00. The number of amides is 2. The molecule has 1 aliphatic carbocycles. The second kappa shape index (κ2) is 7.40. The van der Waals surface area contributed by atoms with Crippen LogP contribution in [0, 0.1) is 0 Å². The van der Waals surface area contributed by atoms with Gasteiger partial charge in [-0.2, -0.15) is 0 Å². The summed E-state index contributed by atoms with van der Waals surface area (Å²) < 4.78 is 0. The van der Waals surface area contributed by atoms with Crippen LogP contribution in [0.15, 0.2) is 0 Å². The van der Waals surface area contributed by atoms with Gasteiger partial charge in [-0.15, -0.1) is 0 Å². The SMILES string of the molecule is CCC(CC)(NCC(=O)N(C)CC(=O)NC1CC1)C(=O)O. The van der Waals surface area contributed by atoms with E-state index in [1.165, 1.54) is 11.9 Å². The molecule has 0 saturated heterocycles. The number of aliphatic carboxylic acids is 1. The standard InChI is InChI=1S/C14H25N3O4/c1-4-14(5-2,13(20)21)15-8-12(19)17(3)9-11(18)16-10-6-7-10/h10,15H,4-9H2,1-3H3,(H,16,18)(H,20,21). The number of hydrogen-bond acceptors (Lipinski definition) is 4. The Morgan fingerprint density at radius 2 is 1.81 bits per heavy atom. The van der Waals surface area contributed by atoms with Crippen LogP contribution >= 0.6 is 0 Å². The van der Waals surface area contributed by atoms with E-state index < -0.39 is 11.5 Å². The molecule has 1 aliphatic rings. The lowest BCUT2D eigenvalue weighted by Gasteiger charge is -2.28. The molecule has 1 fully saturated rings. The lowest BCUT2D eigenvalue weighted by atomic mass is 9.93. The summed E-state index contributed by atoms with van der Waals surface area (Å²) in [5, 5.41) is 14.9. The smallest absolute Gasteiger partial charge is 0.323 e. The van der Waals surface area contributed by atoms with E-state index in [9.17, 15) is 19.5 Å². The summed E-state index contributed by atoms with van der Waals surface area (Å²) in [6, 6.07) is 0.263. The zero-order valence-corrected chi connectivity index (χ0v) is 12.9. The molecule has 7 heteroatoms. The number of carbonyl (C=O) groups excluding carboxylic acids is 2. The van der Waals surface area contributed by atoms with Crippen LogP contribution in [0.3, 0.4) is 0 Å². The van der Waals surface area contributed by atoms with Crippen molar-refractivity contribution in [1.82, 2.24) is 15.5 Å². The molecule has 0 heterocycles. The number of carbonyl (C=O) groups is 3. The van der Waals surface area contributed by atoms with Crippen LogP contribution in [0.4, 0.5) is 0 Å². The number of carboxylic acid groups (broad SMARTS) is 1. The normalized spacial score (nSPS) is 14.6. The van der Waals surface area contributed by atoms with Crippen LogP contribution < -0.4 is 10.6 Å². The maximum Gasteiger partial charge on any atom is 0.323 e. The molecule has 0 spiro atoms. The van der Waals surface area contributed by atoms with Gasteiger partial charge in [0.05, 0.1) is 13.1 Å². The lowest BCUT2D eigenvalue weighted by Crippen LogP contribution is -2.54. The Labute approximate surface area is 125 Å². The molecule has 120 valence electrons. The minimum atomic E-state index is -1.09. The molecule has 0 atom stereocenters. The van der Waals surface area contributed by atoms with E-state index >= 15 is 0 Å². The molecule has 0 aromatic carbocycles. The second-order valence-corrected chi connectivity index (χ2v) is 5.54. The molecule has 0 bridgehead atoms. The molecule has 0 radical (unpaired) electrons. The summed E-state index contributed by atoms with van der Waals surface area (Å²) >= 11 is 0. The van der Waals surface area contributed by atoms with E-state index in [0.717, 1.165) is 12.8 Å². The molecule has 21 heavy (non-hydrogen) atoms. The quantitative estimate of drug-likeness (QED) is 0.555. The van der Waals surface area contributed by atoms with Crippen molar-refractivity contribution in [3.8, 4) is 0 Å². The van der Waals surface area contributed by atoms with Crippen molar-refractivity contribution in [3.63, 3.8) is 0 Å². The topological polar surface area (TPSA) is 98.7 Å². The van der Waals surface area contributed by atoms with Gasteiger partial charge in [-0.1, -0.05) is 13.8 Å². The van der Waals surface area contributed by atoms with Gasteiger partial charge in [0, 0.05) is 13.1 Å². The third-order valence-corrected chi connectivity index (χ3v) is 3.94. The van der Waals surface area contributed by atoms with Crippen LogP contribution in [-0.4, -0.2) is 59.5 Å². The van der Waals surface area contributed by atoms with E-state index in [0.29, 0.717) is 12.8 Å². The van der Waals surface area contributed by atoms with Gasteiger partial charge in [0.15, 0.2) is 0 Å². The Kier molecular flexibility index (Phi) is 6.14. The molecule has 1 saturated carbocycles. The average molecular weight is 299 g/mol. The van der Waals surface area contributed by atoms with Gasteiger partial charge < -0.3 is 15.3 Å². The molecule has 0 aromatic rings. The van der Waals surface area contributed by atoms with Gasteiger partial charge in [-0.05, 0) is 25.7 Å². The summed E-state index contributed by atoms with van der Waals surface area (Å²) in [6.45, 7) is 3.43. The summed E-state index contributed by atoms with van der Waals surface area (Å²) in [6.07, 6.45) is 2.77. The number of nitrogens with one attached hydrogen (secondary N) is 2. The van der Waals surface area contributed by atoms with Gasteiger partial charge in [0.25, 0.3) is 0 Å². The van der Waals surface area contributed by atoms with Crippen molar-refractivity contribution < 1.29 is 19.5 Å². The van der Waals surface area contributed by atoms with Gasteiger partial charge >= 0.3 is 5.97 Å². The van der Waals surface area contributed by atoms with Crippen LogP contribution in [0.2, 0.25) is 0 Å². The number of hydrogen-bond donors (Lipinski definition) is 3. The molecular formula is C14H25N3O4. The Balaban J connectivity index is 2.43. The number of rotatable bonds is 9. The van der Waals surface area contributed by atoms with Crippen LogP contribution in [-0.2, 0) is 14.4 Å². The number of likely N-dealkylation sites (N-methyl/N-ethyl adjacent to an activating group) is 1. The fraction of sp³-hybridized carbons (Fsp3) is 0.786. The van der Waals surface area contributed by atoms with Crippen LogP contribution in [0.1, 0.15) is 39.5 Å². The summed E-state index contributed by atoms with van der Waals surface area (Å²) in [5.74, 6) is -1.44. The first-order valence-corrected chi connectivity index (χ1v) is 7.36. The summed E-state index contributed by atoms with van der Waals surface area (Å²) in [4.78, 5) is 36.2. The van der Waals surface area contributed by atoms with E-state index in [1.807, 2.05) is 0 Å². The molecule has 1 rings (SSSR count). The molecule has 0 aromatic heterocycles. The van der Waals surface area contributed by atoms with Gasteiger partial charge in [0.2, 0.25) is 11.8 Å². The Bertz CT molecular complexity index is 403. The van der Waals surface area contributed by atoms with Crippen molar-refractivity contribution in [3.05, 3.63) is 0 Å². The van der Waals surface area contributed by atoms with Crippen LogP contribution in [0.25, 0.3) is 0 Å². The molecule has 0 aliphatic heterocycles. The zero-order valence-electron chi connectivity index (χ0n) is 12.9. The highest BCUT2D eigenvalue weighted by Crippen LogP contribution is 2.18. The maximum absolute atomic E-state index is 12.0. The Morgan fingerprint density at radius 1 is 1.24 bits per heavy atom. The zero-order chi connectivity index (χ0) is 16.0. The fourth-order valence-corrected chi connectivity index (χ4v) is 2.06. The predicted molar refractivity (Wildman–Crippen MR) is 77.8 cm³/mol. The van der Waals surface area contributed by atoms with Crippen molar-refractivity contribution in [2.75, 3.05) is 20.1 Å². The van der Waals surface area contributed by atoms with E-state index in [1.54, 1.807) is 13.8 Å². The largest absolute Gasteiger partial charge is 0.480 e.